The van der Waals surface area contributed by atoms with Gasteiger partial charge in [-0.05, 0) is 43.2 Å². The number of hydrogen-bond acceptors (Lipinski definition) is 2. The summed E-state index contributed by atoms with van der Waals surface area (Å²) in [5.74, 6) is 0.587. The highest BCUT2D eigenvalue weighted by Gasteiger charge is 2.46. The van der Waals surface area contributed by atoms with Gasteiger partial charge in [0.25, 0.3) is 0 Å². The Morgan fingerprint density at radius 2 is 2.21 bits per heavy atom. The molecule has 0 bridgehead atoms. The van der Waals surface area contributed by atoms with Crippen molar-refractivity contribution in [3.63, 3.8) is 0 Å². The second kappa shape index (κ2) is 4.97. The second-order valence-electron chi connectivity index (χ2n) is 5.88. The fourth-order valence-corrected chi connectivity index (χ4v) is 3.02. The Bertz CT molecular complexity index is 473. The zero-order valence-corrected chi connectivity index (χ0v) is 11.4. The normalized spacial score (nSPS) is 24.2. The molecule has 3 nitrogen and oxygen atoms in total. The van der Waals surface area contributed by atoms with Crippen LogP contribution in [0.2, 0.25) is 0 Å². The van der Waals surface area contributed by atoms with E-state index in [0.717, 1.165) is 32.5 Å². The van der Waals surface area contributed by atoms with Gasteiger partial charge in [0.05, 0.1) is 5.54 Å². The first-order chi connectivity index (χ1) is 9.20. The number of benzene rings is 1. The predicted octanol–water partition coefficient (Wildman–Crippen LogP) is 2.53. The maximum atomic E-state index is 12.2. The van der Waals surface area contributed by atoms with E-state index in [9.17, 15) is 4.79 Å². The van der Waals surface area contributed by atoms with Crippen molar-refractivity contribution < 1.29 is 9.53 Å². The molecule has 1 N–H and O–H groups in total. The predicted molar refractivity (Wildman–Crippen MR) is 73.8 cm³/mol. The lowest BCUT2D eigenvalue weighted by atomic mass is 9.98. The first kappa shape index (κ1) is 12.7. The summed E-state index contributed by atoms with van der Waals surface area (Å²) in [6.45, 7) is 3.66. The molecule has 1 aliphatic heterocycles. The topological polar surface area (TPSA) is 38.3 Å². The van der Waals surface area contributed by atoms with Gasteiger partial charge in [0, 0.05) is 19.6 Å². The molecule has 3 heteroatoms. The molecule has 0 aromatic heterocycles. The highest BCUT2D eigenvalue weighted by molar-refractivity contribution is 5.78. The summed E-state index contributed by atoms with van der Waals surface area (Å²) in [5, 5.41) is 3.26. The van der Waals surface area contributed by atoms with E-state index in [0.29, 0.717) is 12.3 Å². The van der Waals surface area contributed by atoms with E-state index in [1.165, 1.54) is 11.1 Å². The van der Waals surface area contributed by atoms with Gasteiger partial charge in [-0.3, -0.25) is 4.79 Å². The highest BCUT2D eigenvalue weighted by atomic mass is 16.5. The summed E-state index contributed by atoms with van der Waals surface area (Å²) in [5.41, 5.74) is 2.47. The molecule has 0 spiro atoms. The van der Waals surface area contributed by atoms with Crippen molar-refractivity contribution in [2.45, 2.75) is 38.1 Å². The van der Waals surface area contributed by atoms with Crippen LogP contribution in [0.3, 0.4) is 0 Å². The number of aryl methyl sites for hydroxylation is 1. The third-order valence-electron chi connectivity index (χ3n) is 4.29. The minimum absolute atomic E-state index is 0.0815. The van der Waals surface area contributed by atoms with Crippen LogP contribution >= 0.6 is 0 Å². The SMILES string of the molecule is Cc1ccccc1C1(NC(=O)CC2CCOC2)CC1. The number of carbonyl (C=O) groups excluding carboxylic acids is 1. The second-order valence-corrected chi connectivity index (χ2v) is 5.88. The molecule has 3 rings (SSSR count). The summed E-state index contributed by atoms with van der Waals surface area (Å²) in [7, 11) is 0. The molecule has 102 valence electrons. The van der Waals surface area contributed by atoms with Crippen molar-refractivity contribution in [1.29, 1.82) is 0 Å². The Labute approximate surface area is 114 Å². The van der Waals surface area contributed by atoms with Crippen LogP contribution in [0, 0.1) is 12.8 Å². The fraction of sp³-hybridized carbons (Fsp3) is 0.562. The van der Waals surface area contributed by atoms with E-state index in [4.69, 9.17) is 4.74 Å². The number of carbonyl (C=O) groups is 1. The number of amides is 1. The van der Waals surface area contributed by atoms with Gasteiger partial charge in [0.15, 0.2) is 0 Å². The monoisotopic (exact) mass is 259 g/mol. The van der Waals surface area contributed by atoms with E-state index in [-0.39, 0.29) is 11.4 Å². The molecule has 1 amide bonds. The summed E-state index contributed by atoms with van der Waals surface area (Å²) >= 11 is 0. The van der Waals surface area contributed by atoms with Crippen LogP contribution in [-0.4, -0.2) is 19.1 Å². The van der Waals surface area contributed by atoms with Gasteiger partial charge >= 0.3 is 0 Å². The zero-order chi connectivity index (χ0) is 13.3. The van der Waals surface area contributed by atoms with Crippen LogP contribution in [0.15, 0.2) is 24.3 Å². The lowest BCUT2D eigenvalue weighted by Crippen LogP contribution is -2.36. The first-order valence-electron chi connectivity index (χ1n) is 7.14. The number of nitrogens with one attached hydrogen (secondary N) is 1. The third kappa shape index (κ3) is 2.66. The fourth-order valence-electron chi connectivity index (χ4n) is 3.02. The molecule has 1 aromatic carbocycles. The largest absolute Gasteiger partial charge is 0.381 e. The standard InChI is InChI=1S/C16H21NO2/c1-12-4-2-3-5-14(12)16(7-8-16)17-15(18)10-13-6-9-19-11-13/h2-5,13H,6-11H2,1H3,(H,17,18). The average molecular weight is 259 g/mol. The zero-order valence-electron chi connectivity index (χ0n) is 11.4. The maximum absolute atomic E-state index is 12.2. The molecule has 1 heterocycles. The van der Waals surface area contributed by atoms with E-state index in [1.807, 2.05) is 6.07 Å². The molecular weight excluding hydrogens is 238 g/mol. The molecule has 19 heavy (non-hydrogen) atoms. The molecule has 1 aliphatic carbocycles. The molecular formula is C16H21NO2. The molecule has 1 saturated heterocycles. The van der Waals surface area contributed by atoms with Crippen molar-refractivity contribution in [3.8, 4) is 0 Å². The van der Waals surface area contributed by atoms with Crippen molar-refractivity contribution in [2.75, 3.05) is 13.2 Å². The average Bonchev–Trinajstić information content (AvgIpc) is 2.97. The Morgan fingerprint density at radius 1 is 1.42 bits per heavy atom. The van der Waals surface area contributed by atoms with Crippen LogP contribution in [0.1, 0.15) is 36.8 Å². The maximum Gasteiger partial charge on any atom is 0.221 e. The van der Waals surface area contributed by atoms with Crippen LogP contribution in [0.5, 0.6) is 0 Å². The van der Waals surface area contributed by atoms with Gasteiger partial charge in [-0.2, -0.15) is 0 Å². The van der Waals surface area contributed by atoms with Gasteiger partial charge < -0.3 is 10.1 Å². The summed E-state index contributed by atoms with van der Waals surface area (Å²) in [6, 6.07) is 8.36. The number of hydrogen-bond donors (Lipinski definition) is 1. The van der Waals surface area contributed by atoms with Crippen molar-refractivity contribution in [1.82, 2.24) is 5.32 Å². The third-order valence-corrected chi connectivity index (χ3v) is 4.29. The Kier molecular flexibility index (Phi) is 3.31. The van der Waals surface area contributed by atoms with Gasteiger partial charge in [-0.25, -0.2) is 0 Å². The van der Waals surface area contributed by atoms with Crippen LogP contribution in [0.4, 0.5) is 0 Å². The minimum Gasteiger partial charge on any atom is -0.381 e. The van der Waals surface area contributed by atoms with Crippen molar-refractivity contribution >= 4 is 5.91 Å². The van der Waals surface area contributed by atoms with Gasteiger partial charge in [0.1, 0.15) is 0 Å². The Morgan fingerprint density at radius 3 is 2.84 bits per heavy atom. The minimum atomic E-state index is -0.0815. The van der Waals surface area contributed by atoms with Crippen LogP contribution in [0.25, 0.3) is 0 Å². The molecule has 1 atom stereocenters. The summed E-state index contributed by atoms with van der Waals surface area (Å²) in [6.07, 6.45) is 3.74. The van der Waals surface area contributed by atoms with Crippen molar-refractivity contribution in [3.05, 3.63) is 35.4 Å². The quantitative estimate of drug-likeness (QED) is 0.902. The van der Waals surface area contributed by atoms with Gasteiger partial charge in [-0.15, -0.1) is 0 Å². The molecule has 2 aliphatic rings. The summed E-state index contributed by atoms with van der Waals surface area (Å²) in [4.78, 5) is 12.2. The van der Waals surface area contributed by atoms with Crippen molar-refractivity contribution in [2.24, 2.45) is 5.92 Å². The van der Waals surface area contributed by atoms with E-state index < -0.39 is 0 Å². The smallest absolute Gasteiger partial charge is 0.221 e. The van der Waals surface area contributed by atoms with Crippen LogP contribution < -0.4 is 5.32 Å². The molecule has 1 saturated carbocycles. The molecule has 1 aromatic rings. The van der Waals surface area contributed by atoms with Crippen LogP contribution in [-0.2, 0) is 15.1 Å². The van der Waals surface area contributed by atoms with Gasteiger partial charge in [0.2, 0.25) is 5.91 Å². The lowest BCUT2D eigenvalue weighted by molar-refractivity contribution is -0.123. The van der Waals surface area contributed by atoms with E-state index in [1.54, 1.807) is 0 Å². The Hall–Kier alpha value is -1.35. The Balaban J connectivity index is 1.65. The number of rotatable bonds is 4. The number of ether oxygens (including phenoxy) is 1. The highest BCUT2D eigenvalue weighted by Crippen LogP contribution is 2.46. The summed E-state index contributed by atoms with van der Waals surface area (Å²) < 4.78 is 5.33. The van der Waals surface area contributed by atoms with Gasteiger partial charge in [-0.1, -0.05) is 24.3 Å². The molecule has 0 radical (unpaired) electrons. The first-order valence-corrected chi connectivity index (χ1v) is 7.14. The lowest BCUT2D eigenvalue weighted by Gasteiger charge is -2.21. The molecule has 2 fully saturated rings. The molecule has 1 unspecified atom stereocenters. The van der Waals surface area contributed by atoms with E-state index in [2.05, 4.69) is 30.4 Å². The van der Waals surface area contributed by atoms with E-state index >= 15 is 0 Å².